The smallest absolute Gasteiger partial charge is 0.0227 e. The number of rotatable bonds is 0. The summed E-state index contributed by atoms with van der Waals surface area (Å²) < 4.78 is 0. The maximum atomic E-state index is 5.06. The maximum absolute atomic E-state index is 5.06. The predicted molar refractivity (Wildman–Crippen MR) is 28.3 cm³/mol. The Bertz CT molecular complexity index is 71.2. The molecule has 0 aromatic carbocycles. The molecule has 0 amide bonds. The van der Waals surface area contributed by atoms with Gasteiger partial charge in [0.25, 0.3) is 0 Å². The van der Waals surface area contributed by atoms with Crippen LogP contribution in [-0.2, 0) is 0 Å². The maximum Gasteiger partial charge on any atom is 0.0227 e. The van der Waals surface area contributed by atoms with Crippen molar-refractivity contribution in [3.63, 3.8) is 0 Å². The molecule has 0 aliphatic rings. The van der Waals surface area contributed by atoms with E-state index in [1.54, 1.807) is 0 Å². The van der Waals surface area contributed by atoms with Crippen molar-refractivity contribution in [3.8, 4) is 12.3 Å². The van der Waals surface area contributed by atoms with Crippen molar-refractivity contribution < 1.29 is 17.0 Å². The van der Waals surface area contributed by atoms with Crippen LogP contribution in [0.5, 0.6) is 0 Å². The molecule has 0 aliphatic carbocycles. The minimum atomic E-state index is 0. The first-order valence-corrected chi connectivity index (χ1v) is 2.04. The van der Waals surface area contributed by atoms with Gasteiger partial charge < -0.3 is 17.0 Å². The lowest BCUT2D eigenvalue weighted by atomic mass is 9.99. The molecule has 0 fully saturated rings. The van der Waals surface area contributed by atoms with Crippen LogP contribution in [0.3, 0.4) is 0 Å². The second-order valence-electron chi connectivity index (χ2n) is 2.39. The van der Waals surface area contributed by atoms with Crippen LogP contribution in [0.2, 0.25) is 0 Å². The molecule has 7 heavy (non-hydrogen) atoms. The molecule has 0 saturated carbocycles. The second kappa shape index (κ2) is 3.10. The Hall–Kier alpha value is 0.0400. The molecular weight excluding hydrogens is 152 g/mol. The summed E-state index contributed by atoms with van der Waals surface area (Å²) in [6.45, 7) is 6.02. The molecular formula is C6H10Br-. The van der Waals surface area contributed by atoms with Crippen molar-refractivity contribution in [2.45, 2.75) is 20.8 Å². The van der Waals surface area contributed by atoms with Gasteiger partial charge in [0.1, 0.15) is 0 Å². The molecule has 0 unspecified atom stereocenters. The van der Waals surface area contributed by atoms with Crippen LogP contribution in [0.25, 0.3) is 0 Å². The van der Waals surface area contributed by atoms with E-state index < -0.39 is 0 Å². The van der Waals surface area contributed by atoms with Crippen molar-refractivity contribution in [3.05, 3.63) is 0 Å². The standard InChI is InChI=1S/C6H10.BrH/c1-5-6(2,3)4;/h1H,2-4H3;1H/p-1. The molecule has 0 atom stereocenters. The zero-order valence-corrected chi connectivity index (χ0v) is 6.54. The fourth-order valence-electron chi connectivity index (χ4n) is 0. The Morgan fingerprint density at radius 1 is 1.29 bits per heavy atom. The lowest BCUT2D eigenvalue weighted by molar-refractivity contribution is -0.00000183. The SMILES string of the molecule is C#CC(C)(C)C.[Br-]. The van der Waals surface area contributed by atoms with Crippen LogP contribution in [0.1, 0.15) is 20.8 Å². The summed E-state index contributed by atoms with van der Waals surface area (Å²) in [5.74, 6) is 2.60. The summed E-state index contributed by atoms with van der Waals surface area (Å²) in [4.78, 5) is 0. The van der Waals surface area contributed by atoms with Crippen molar-refractivity contribution >= 4 is 0 Å². The van der Waals surface area contributed by atoms with E-state index in [0.717, 1.165) is 0 Å². The highest BCUT2D eigenvalue weighted by atomic mass is 79.9. The largest absolute Gasteiger partial charge is 1.00 e. The third kappa shape index (κ3) is 10.7. The zero-order chi connectivity index (χ0) is 5.21. The fraction of sp³-hybridized carbons (Fsp3) is 0.667. The Morgan fingerprint density at radius 2 is 1.43 bits per heavy atom. The van der Waals surface area contributed by atoms with Gasteiger partial charge in [0.05, 0.1) is 0 Å². The van der Waals surface area contributed by atoms with Gasteiger partial charge in [0.2, 0.25) is 0 Å². The quantitative estimate of drug-likeness (QED) is 0.387. The molecule has 0 aliphatic heterocycles. The van der Waals surface area contributed by atoms with Gasteiger partial charge in [-0.05, 0) is 20.8 Å². The molecule has 0 rings (SSSR count). The third-order valence-corrected chi connectivity index (χ3v) is 0.433. The van der Waals surface area contributed by atoms with Crippen LogP contribution >= 0.6 is 0 Å². The number of hydrogen-bond acceptors (Lipinski definition) is 0. The average molecular weight is 162 g/mol. The van der Waals surface area contributed by atoms with Gasteiger partial charge in [0.15, 0.2) is 0 Å². The lowest BCUT2D eigenvalue weighted by Crippen LogP contribution is -3.00. The Kier molecular flexibility index (Phi) is 4.47. The van der Waals surface area contributed by atoms with Gasteiger partial charge in [-0.2, -0.15) is 0 Å². The lowest BCUT2D eigenvalue weighted by Gasteiger charge is -2.04. The second-order valence-corrected chi connectivity index (χ2v) is 2.39. The van der Waals surface area contributed by atoms with Gasteiger partial charge >= 0.3 is 0 Å². The van der Waals surface area contributed by atoms with Gasteiger partial charge in [-0.15, -0.1) is 12.3 Å². The van der Waals surface area contributed by atoms with Gasteiger partial charge in [-0.1, -0.05) is 0 Å². The first-order valence-electron chi connectivity index (χ1n) is 2.04. The fourth-order valence-corrected chi connectivity index (χ4v) is 0. The molecule has 0 radical (unpaired) electrons. The van der Waals surface area contributed by atoms with Crippen LogP contribution in [0, 0.1) is 17.8 Å². The van der Waals surface area contributed by atoms with Gasteiger partial charge in [-0.3, -0.25) is 0 Å². The van der Waals surface area contributed by atoms with E-state index in [1.807, 2.05) is 20.8 Å². The van der Waals surface area contributed by atoms with E-state index in [9.17, 15) is 0 Å². The highest BCUT2D eigenvalue weighted by Gasteiger charge is 2.00. The molecule has 0 N–H and O–H groups in total. The topological polar surface area (TPSA) is 0 Å². The molecule has 0 aromatic heterocycles. The molecule has 42 valence electrons. The van der Waals surface area contributed by atoms with E-state index in [1.165, 1.54) is 0 Å². The van der Waals surface area contributed by atoms with E-state index >= 15 is 0 Å². The van der Waals surface area contributed by atoms with Crippen molar-refractivity contribution in [2.24, 2.45) is 5.41 Å². The molecule has 0 saturated heterocycles. The molecule has 0 heterocycles. The van der Waals surface area contributed by atoms with E-state index in [-0.39, 0.29) is 22.4 Å². The summed E-state index contributed by atoms with van der Waals surface area (Å²) in [6, 6.07) is 0. The molecule has 0 aromatic rings. The Labute approximate surface area is 56.1 Å². The minimum Gasteiger partial charge on any atom is -1.00 e. The van der Waals surface area contributed by atoms with Crippen molar-refractivity contribution in [1.82, 2.24) is 0 Å². The molecule has 0 spiro atoms. The van der Waals surface area contributed by atoms with Crippen LogP contribution in [-0.4, -0.2) is 0 Å². The summed E-state index contributed by atoms with van der Waals surface area (Å²) >= 11 is 0. The Balaban J connectivity index is 0. The average Bonchev–Trinajstić information content (AvgIpc) is 1.35. The summed E-state index contributed by atoms with van der Waals surface area (Å²) in [6.07, 6.45) is 5.06. The third-order valence-electron chi connectivity index (χ3n) is 0.433. The highest BCUT2D eigenvalue weighted by Crippen LogP contribution is 2.08. The first kappa shape index (κ1) is 10.1. The van der Waals surface area contributed by atoms with Gasteiger partial charge in [0, 0.05) is 5.41 Å². The molecule has 0 bridgehead atoms. The monoisotopic (exact) mass is 161 g/mol. The summed E-state index contributed by atoms with van der Waals surface area (Å²) in [7, 11) is 0. The summed E-state index contributed by atoms with van der Waals surface area (Å²) in [5, 5.41) is 0. The summed E-state index contributed by atoms with van der Waals surface area (Å²) in [5.41, 5.74) is 0.0694. The molecule has 1 heteroatoms. The predicted octanol–water partition coefficient (Wildman–Crippen LogP) is -1.33. The normalized spacial score (nSPS) is 8.86. The number of hydrogen-bond donors (Lipinski definition) is 0. The van der Waals surface area contributed by atoms with Crippen LogP contribution < -0.4 is 17.0 Å². The van der Waals surface area contributed by atoms with Crippen molar-refractivity contribution in [2.75, 3.05) is 0 Å². The van der Waals surface area contributed by atoms with Crippen LogP contribution in [0.4, 0.5) is 0 Å². The highest BCUT2D eigenvalue weighted by molar-refractivity contribution is 4.96. The Morgan fingerprint density at radius 3 is 1.43 bits per heavy atom. The van der Waals surface area contributed by atoms with Crippen molar-refractivity contribution in [1.29, 1.82) is 0 Å². The van der Waals surface area contributed by atoms with Gasteiger partial charge in [-0.25, -0.2) is 0 Å². The van der Waals surface area contributed by atoms with E-state index in [2.05, 4.69) is 5.92 Å². The molecule has 0 nitrogen and oxygen atoms in total. The van der Waals surface area contributed by atoms with Crippen LogP contribution in [0.15, 0.2) is 0 Å². The minimum absolute atomic E-state index is 0. The number of halogens is 1. The van der Waals surface area contributed by atoms with E-state index in [0.29, 0.717) is 0 Å². The number of terminal acetylenes is 1. The van der Waals surface area contributed by atoms with E-state index in [4.69, 9.17) is 6.42 Å². The first-order chi connectivity index (χ1) is 2.56. The zero-order valence-electron chi connectivity index (χ0n) is 4.96.